The molecule has 0 bridgehead atoms. The molecular formula is C17H33NO. The van der Waals surface area contributed by atoms with Crippen LogP contribution in [0.1, 0.15) is 65.2 Å². The highest BCUT2D eigenvalue weighted by Crippen LogP contribution is 2.35. The zero-order valence-electron chi connectivity index (χ0n) is 13.0. The maximum absolute atomic E-state index is 5.49. The Bertz CT molecular complexity index is 229. The van der Waals surface area contributed by atoms with Gasteiger partial charge in [0.25, 0.3) is 0 Å². The average molecular weight is 267 g/mol. The van der Waals surface area contributed by atoms with Crippen LogP contribution in [0.5, 0.6) is 0 Å². The first-order chi connectivity index (χ1) is 9.33. The molecule has 2 rings (SSSR count). The van der Waals surface area contributed by atoms with Gasteiger partial charge in [-0.25, -0.2) is 0 Å². The minimum atomic E-state index is 0.769. The lowest BCUT2D eigenvalue weighted by atomic mass is 9.75. The van der Waals surface area contributed by atoms with Crippen molar-refractivity contribution in [3.05, 3.63) is 0 Å². The van der Waals surface area contributed by atoms with Crippen molar-refractivity contribution < 1.29 is 4.74 Å². The highest BCUT2D eigenvalue weighted by molar-refractivity contribution is 4.84. The summed E-state index contributed by atoms with van der Waals surface area (Å²) in [6.45, 7) is 7.73. The predicted octanol–water partition coefficient (Wildman–Crippen LogP) is 4.00. The first kappa shape index (κ1) is 15.3. The molecule has 1 saturated carbocycles. The summed E-state index contributed by atoms with van der Waals surface area (Å²) in [5.74, 6) is 2.86. The smallest absolute Gasteiger partial charge is 0.0468 e. The van der Waals surface area contributed by atoms with Crippen LogP contribution in [0.15, 0.2) is 0 Å². The fourth-order valence-corrected chi connectivity index (χ4v) is 4.04. The van der Waals surface area contributed by atoms with Crippen molar-refractivity contribution in [1.82, 2.24) is 5.32 Å². The number of ether oxygens (including phenoxy) is 1. The van der Waals surface area contributed by atoms with Crippen molar-refractivity contribution in [2.45, 2.75) is 71.3 Å². The van der Waals surface area contributed by atoms with E-state index in [2.05, 4.69) is 19.2 Å². The molecular weight excluding hydrogens is 234 g/mol. The minimum Gasteiger partial charge on any atom is -0.381 e. The van der Waals surface area contributed by atoms with Crippen molar-refractivity contribution in [3.63, 3.8) is 0 Å². The third-order valence-electron chi connectivity index (χ3n) is 5.43. The Hall–Kier alpha value is -0.0800. The van der Waals surface area contributed by atoms with Gasteiger partial charge >= 0.3 is 0 Å². The van der Waals surface area contributed by atoms with E-state index < -0.39 is 0 Å². The second kappa shape index (κ2) is 8.26. The largest absolute Gasteiger partial charge is 0.381 e. The van der Waals surface area contributed by atoms with Gasteiger partial charge in [-0.05, 0) is 56.4 Å². The number of hydrogen-bond donors (Lipinski definition) is 1. The fraction of sp³-hybridized carbons (Fsp3) is 1.00. The summed E-state index contributed by atoms with van der Waals surface area (Å²) in [5, 5.41) is 3.79. The summed E-state index contributed by atoms with van der Waals surface area (Å²) in [6, 6.07) is 0.769. The molecule has 1 unspecified atom stereocenters. The third kappa shape index (κ3) is 4.75. The summed E-state index contributed by atoms with van der Waals surface area (Å²) in [5.41, 5.74) is 0. The maximum Gasteiger partial charge on any atom is 0.0468 e. The van der Waals surface area contributed by atoms with E-state index in [-0.39, 0.29) is 0 Å². The summed E-state index contributed by atoms with van der Waals surface area (Å²) in [6.07, 6.45) is 11.2. The monoisotopic (exact) mass is 267 g/mol. The van der Waals surface area contributed by atoms with E-state index in [1.54, 1.807) is 0 Å². The Balaban J connectivity index is 1.81. The summed E-state index contributed by atoms with van der Waals surface area (Å²) in [7, 11) is 0. The minimum absolute atomic E-state index is 0.769. The van der Waals surface area contributed by atoms with E-state index in [1.807, 2.05) is 0 Å². The SMILES string of the molecule is CCNC(CC1CCOCC1)C1CCC(CC)CC1. The van der Waals surface area contributed by atoms with Crippen molar-refractivity contribution in [2.75, 3.05) is 19.8 Å². The number of nitrogens with one attached hydrogen (secondary N) is 1. The van der Waals surface area contributed by atoms with Crippen LogP contribution in [-0.2, 0) is 4.74 Å². The quantitative estimate of drug-likeness (QED) is 0.785. The van der Waals surface area contributed by atoms with Gasteiger partial charge in [-0.15, -0.1) is 0 Å². The van der Waals surface area contributed by atoms with Crippen molar-refractivity contribution in [3.8, 4) is 0 Å². The Morgan fingerprint density at radius 3 is 2.21 bits per heavy atom. The van der Waals surface area contributed by atoms with E-state index in [0.717, 1.165) is 43.6 Å². The van der Waals surface area contributed by atoms with Crippen LogP contribution in [0.25, 0.3) is 0 Å². The second-order valence-corrected chi connectivity index (χ2v) is 6.64. The molecule has 1 aliphatic carbocycles. The fourth-order valence-electron chi connectivity index (χ4n) is 4.04. The molecule has 0 aromatic rings. The lowest BCUT2D eigenvalue weighted by molar-refractivity contribution is 0.0558. The van der Waals surface area contributed by atoms with Crippen LogP contribution in [-0.4, -0.2) is 25.8 Å². The van der Waals surface area contributed by atoms with Crippen LogP contribution in [0, 0.1) is 17.8 Å². The van der Waals surface area contributed by atoms with Gasteiger partial charge in [0.05, 0.1) is 0 Å². The highest BCUT2D eigenvalue weighted by Gasteiger charge is 2.28. The molecule has 0 amide bonds. The van der Waals surface area contributed by atoms with Gasteiger partial charge in [0, 0.05) is 19.3 Å². The van der Waals surface area contributed by atoms with Crippen LogP contribution >= 0.6 is 0 Å². The topological polar surface area (TPSA) is 21.3 Å². The molecule has 1 saturated heterocycles. The molecule has 1 atom stereocenters. The van der Waals surface area contributed by atoms with Crippen LogP contribution in [0.4, 0.5) is 0 Å². The number of hydrogen-bond acceptors (Lipinski definition) is 2. The maximum atomic E-state index is 5.49. The molecule has 0 spiro atoms. The van der Waals surface area contributed by atoms with Crippen LogP contribution in [0.3, 0.4) is 0 Å². The van der Waals surface area contributed by atoms with Gasteiger partial charge < -0.3 is 10.1 Å². The van der Waals surface area contributed by atoms with E-state index in [4.69, 9.17) is 4.74 Å². The van der Waals surface area contributed by atoms with Gasteiger partial charge in [0.2, 0.25) is 0 Å². The Labute approximate surface area is 119 Å². The zero-order valence-corrected chi connectivity index (χ0v) is 13.0. The molecule has 112 valence electrons. The Morgan fingerprint density at radius 1 is 0.947 bits per heavy atom. The molecule has 0 aromatic carbocycles. The molecule has 2 aliphatic rings. The predicted molar refractivity (Wildman–Crippen MR) is 81.4 cm³/mol. The van der Waals surface area contributed by atoms with Gasteiger partial charge in [0.15, 0.2) is 0 Å². The van der Waals surface area contributed by atoms with E-state index in [9.17, 15) is 0 Å². The number of rotatable bonds is 6. The van der Waals surface area contributed by atoms with Crippen LogP contribution in [0.2, 0.25) is 0 Å². The first-order valence-electron chi connectivity index (χ1n) is 8.64. The molecule has 0 radical (unpaired) electrons. The molecule has 2 heteroatoms. The molecule has 1 aliphatic heterocycles. The van der Waals surface area contributed by atoms with Crippen molar-refractivity contribution in [2.24, 2.45) is 17.8 Å². The highest BCUT2D eigenvalue weighted by atomic mass is 16.5. The normalized spacial score (nSPS) is 31.3. The summed E-state index contributed by atoms with van der Waals surface area (Å²) < 4.78 is 5.49. The Kier molecular flexibility index (Phi) is 6.66. The van der Waals surface area contributed by atoms with Gasteiger partial charge in [-0.3, -0.25) is 0 Å². The summed E-state index contributed by atoms with van der Waals surface area (Å²) >= 11 is 0. The standard InChI is InChI=1S/C17H33NO/c1-3-14-5-7-16(8-6-14)17(18-4-2)13-15-9-11-19-12-10-15/h14-18H,3-13H2,1-2H3. The van der Waals surface area contributed by atoms with E-state index >= 15 is 0 Å². The lowest BCUT2D eigenvalue weighted by Crippen LogP contribution is -2.40. The van der Waals surface area contributed by atoms with Gasteiger partial charge in [-0.1, -0.05) is 33.1 Å². The zero-order chi connectivity index (χ0) is 13.5. The molecule has 1 N–H and O–H groups in total. The molecule has 19 heavy (non-hydrogen) atoms. The van der Waals surface area contributed by atoms with E-state index in [1.165, 1.54) is 51.4 Å². The van der Waals surface area contributed by atoms with Crippen LogP contribution < -0.4 is 5.32 Å². The molecule has 2 nitrogen and oxygen atoms in total. The van der Waals surface area contributed by atoms with E-state index in [0.29, 0.717) is 0 Å². The first-order valence-corrected chi connectivity index (χ1v) is 8.64. The van der Waals surface area contributed by atoms with Gasteiger partial charge in [0.1, 0.15) is 0 Å². The average Bonchev–Trinajstić information content (AvgIpc) is 2.48. The van der Waals surface area contributed by atoms with Crippen molar-refractivity contribution >= 4 is 0 Å². The summed E-state index contributed by atoms with van der Waals surface area (Å²) in [4.78, 5) is 0. The third-order valence-corrected chi connectivity index (χ3v) is 5.43. The molecule has 2 fully saturated rings. The lowest BCUT2D eigenvalue weighted by Gasteiger charge is -2.36. The van der Waals surface area contributed by atoms with Gasteiger partial charge in [-0.2, -0.15) is 0 Å². The molecule has 1 heterocycles. The van der Waals surface area contributed by atoms with Crippen molar-refractivity contribution in [1.29, 1.82) is 0 Å². The second-order valence-electron chi connectivity index (χ2n) is 6.64. The molecule has 0 aromatic heterocycles. The Morgan fingerprint density at radius 2 is 1.63 bits per heavy atom.